The van der Waals surface area contributed by atoms with Gasteiger partial charge < -0.3 is 10.2 Å². The van der Waals surface area contributed by atoms with Gasteiger partial charge in [0, 0.05) is 23.8 Å². The van der Waals surface area contributed by atoms with Crippen molar-refractivity contribution < 1.29 is 0 Å². The van der Waals surface area contributed by atoms with E-state index in [1.165, 1.54) is 25.9 Å². The fraction of sp³-hybridized carbons (Fsp3) is 0.545. The Labute approximate surface area is 99.0 Å². The van der Waals surface area contributed by atoms with Gasteiger partial charge in [-0.25, -0.2) is 4.98 Å². The molecule has 3 nitrogen and oxygen atoms in total. The van der Waals surface area contributed by atoms with E-state index in [9.17, 15) is 0 Å². The van der Waals surface area contributed by atoms with E-state index in [0.29, 0.717) is 0 Å². The van der Waals surface area contributed by atoms with Crippen LogP contribution in [0.5, 0.6) is 0 Å². The SMILES string of the molecule is Brc1ccc(NCCN2CCCC2)nc1. The summed E-state index contributed by atoms with van der Waals surface area (Å²) in [5.41, 5.74) is 0. The molecule has 0 saturated carbocycles. The molecule has 0 aromatic carbocycles. The molecule has 0 aliphatic carbocycles. The van der Waals surface area contributed by atoms with Crippen LogP contribution in [0, 0.1) is 0 Å². The van der Waals surface area contributed by atoms with Crippen LogP contribution in [0.25, 0.3) is 0 Å². The average Bonchev–Trinajstić information content (AvgIpc) is 2.74. The van der Waals surface area contributed by atoms with Gasteiger partial charge in [-0.1, -0.05) is 0 Å². The molecule has 0 radical (unpaired) electrons. The van der Waals surface area contributed by atoms with Gasteiger partial charge in [0.2, 0.25) is 0 Å². The highest BCUT2D eigenvalue weighted by molar-refractivity contribution is 9.10. The lowest BCUT2D eigenvalue weighted by molar-refractivity contribution is 0.352. The molecular weight excluding hydrogens is 254 g/mol. The van der Waals surface area contributed by atoms with Crippen molar-refractivity contribution in [3.63, 3.8) is 0 Å². The highest BCUT2D eigenvalue weighted by Gasteiger charge is 2.09. The van der Waals surface area contributed by atoms with E-state index >= 15 is 0 Å². The van der Waals surface area contributed by atoms with E-state index in [4.69, 9.17) is 0 Å². The lowest BCUT2D eigenvalue weighted by atomic mass is 10.4. The monoisotopic (exact) mass is 269 g/mol. The number of aromatic nitrogens is 1. The molecule has 0 atom stereocenters. The zero-order valence-corrected chi connectivity index (χ0v) is 10.3. The van der Waals surface area contributed by atoms with Gasteiger partial charge in [0.25, 0.3) is 0 Å². The summed E-state index contributed by atoms with van der Waals surface area (Å²) in [6.07, 6.45) is 4.53. The third-order valence-corrected chi connectivity index (χ3v) is 3.13. The first-order valence-corrected chi connectivity index (χ1v) is 6.22. The number of hydrogen-bond donors (Lipinski definition) is 1. The first-order chi connectivity index (χ1) is 7.34. The molecule has 15 heavy (non-hydrogen) atoms. The van der Waals surface area contributed by atoms with Gasteiger partial charge in [0.1, 0.15) is 5.82 Å². The van der Waals surface area contributed by atoms with E-state index < -0.39 is 0 Å². The second kappa shape index (κ2) is 5.47. The van der Waals surface area contributed by atoms with Gasteiger partial charge in [0.15, 0.2) is 0 Å². The molecular formula is C11H16BrN3. The summed E-state index contributed by atoms with van der Waals surface area (Å²) >= 11 is 3.37. The van der Waals surface area contributed by atoms with Gasteiger partial charge in [-0.05, 0) is 54.0 Å². The highest BCUT2D eigenvalue weighted by atomic mass is 79.9. The maximum atomic E-state index is 4.27. The molecule has 1 aromatic heterocycles. The Morgan fingerprint density at radius 1 is 1.33 bits per heavy atom. The number of rotatable bonds is 4. The van der Waals surface area contributed by atoms with E-state index in [2.05, 4.69) is 31.1 Å². The molecule has 1 aliphatic rings. The Kier molecular flexibility index (Phi) is 3.97. The normalized spacial score (nSPS) is 16.9. The van der Waals surface area contributed by atoms with Crippen molar-refractivity contribution in [3.05, 3.63) is 22.8 Å². The van der Waals surface area contributed by atoms with E-state index in [1.54, 1.807) is 0 Å². The van der Waals surface area contributed by atoms with Crippen molar-refractivity contribution in [2.45, 2.75) is 12.8 Å². The van der Waals surface area contributed by atoms with Gasteiger partial charge in [-0.2, -0.15) is 0 Å². The molecule has 82 valence electrons. The number of pyridine rings is 1. The summed E-state index contributed by atoms with van der Waals surface area (Å²) in [5, 5.41) is 3.33. The summed E-state index contributed by atoms with van der Waals surface area (Å²) in [6.45, 7) is 4.62. The second-order valence-electron chi connectivity index (χ2n) is 3.84. The molecule has 1 aliphatic heterocycles. The molecule has 0 spiro atoms. The van der Waals surface area contributed by atoms with Crippen LogP contribution < -0.4 is 5.32 Å². The largest absolute Gasteiger partial charge is 0.369 e. The highest BCUT2D eigenvalue weighted by Crippen LogP contribution is 2.10. The lowest BCUT2D eigenvalue weighted by Gasteiger charge is -2.14. The van der Waals surface area contributed by atoms with E-state index in [-0.39, 0.29) is 0 Å². The lowest BCUT2D eigenvalue weighted by Crippen LogP contribution is -2.26. The molecule has 0 unspecified atom stereocenters. The number of likely N-dealkylation sites (tertiary alicyclic amines) is 1. The third-order valence-electron chi connectivity index (χ3n) is 2.66. The minimum atomic E-state index is 0.956. The Bertz CT molecular complexity index is 293. The van der Waals surface area contributed by atoms with Crippen molar-refractivity contribution >= 4 is 21.7 Å². The summed E-state index contributed by atoms with van der Waals surface area (Å²) in [6, 6.07) is 4.00. The summed E-state index contributed by atoms with van der Waals surface area (Å²) in [5.74, 6) is 0.956. The molecule has 2 rings (SSSR count). The van der Waals surface area contributed by atoms with Gasteiger partial charge in [-0.15, -0.1) is 0 Å². The Morgan fingerprint density at radius 3 is 2.80 bits per heavy atom. The zero-order chi connectivity index (χ0) is 10.5. The summed E-state index contributed by atoms with van der Waals surface area (Å²) in [4.78, 5) is 6.76. The third kappa shape index (κ3) is 3.47. The van der Waals surface area contributed by atoms with Crippen LogP contribution in [-0.4, -0.2) is 36.1 Å². The van der Waals surface area contributed by atoms with Crippen LogP contribution in [0.15, 0.2) is 22.8 Å². The first kappa shape index (κ1) is 10.9. The van der Waals surface area contributed by atoms with Crippen molar-refractivity contribution in [1.82, 2.24) is 9.88 Å². The minimum absolute atomic E-state index is 0.956. The molecule has 1 aromatic rings. The van der Waals surface area contributed by atoms with Crippen LogP contribution in [0.3, 0.4) is 0 Å². The molecule has 4 heteroatoms. The minimum Gasteiger partial charge on any atom is -0.369 e. The molecule has 1 saturated heterocycles. The molecule has 1 fully saturated rings. The maximum Gasteiger partial charge on any atom is 0.126 e. The Hall–Kier alpha value is -0.610. The predicted molar refractivity (Wildman–Crippen MR) is 66.1 cm³/mol. The number of halogens is 1. The molecule has 2 heterocycles. The van der Waals surface area contributed by atoms with E-state index in [0.717, 1.165) is 23.4 Å². The second-order valence-corrected chi connectivity index (χ2v) is 4.75. The molecule has 0 amide bonds. The Balaban J connectivity index is 1.71. The van der Waals surface area contributed by atoms with Gasteiger partial charge in [0.05, 0.1) is 0 Å². The Morgan fingerprint density at radius 2 is 2.13 bits per heavy atom. The molecule has 1 N–H and O–H groups in total. The van der Waals surface area contributed by atoms with Crippen molar-refractivity contribution in [3.8, 4) is 0 Å². The number of nitrogens with one attached hydrogen (secondary N) is 1. The van der Waals surface area contributed by atoms with Crippen molar-refractivity contribution in [2.75, 3.05) is 31.5 Å². The topological polar surface area (TPSA) is 28.2 Å². The van der Waals surface area contributed by atoms with Gasteiger partial charge in [-0.3, -0.25) is 0 Å². The van der Waals surface area contributed by atoms with Crippen LogP contribution in [-0.2, 0) is 0 Å². The summed E-state index contributed by atoms with van der Waals surface area (Å²) in [7, 11) is 0. The van der Waals surface area contributed by atoms with Crippen LogP contribution in [0.1, 0.15) is 12.8 Å². The molecule has 0 bridgehead atoms. The fourth-order valence-electron chi connectivity index (χ4n) is 1.83. The predicted octanol–water partition coefficient (Wildman–Crippen LogP) is 2.35. The quantitative estimate of drug-likeness (QED) is 0.910. The van der Waals surface area contributed by atoms with Crippen LogP contribution in [0.2, 0.25) is 0 Å². The standard InChI is InChI=1S/C11H16BrN3/c12-10-3-4-11(14-9-10)13-5-8-15-6-1-2-7-15/h3-4,9H,1-2,5-8H2,(H,13,14). The van der Waals surface area contributed by atoms with Crippen molar-refractivity contribution in [1.29, 1.82) is 0 Å². The maximum absolute atomic E-state index is 4.27. The average molecular weight is 270 g/mol. The first-order valence-electron chi connectivity index (χ1n) is 5.42. The van der Waals surface area contributed by atoms with Crippen LogP contribution >= 0.6 is 15.9 Å². The number of anilines is 1. The van der Waals surface area contributed by atoms with Gasteiger partial charge >= 0.3 is 0 Å². The summed E-state index contributed by atoms with van der Waals surface area (Å²) < 4.78 is 1.02. The smallest absolute Gasteiger partial charge is 0.126 e. The van der Waals surface area contributed by atoms with E-state index in [1.807, 2.05) is 18.3 Å². The van der Waals surface area contributed by atoms with Crippen molar-refractivity contribution in [2.24, 2.45) is 0 Å². The fourth-order valence-corrected chi connectivity index (χ4v) is 2.06. The number of hydrogen-bond acceptors (Lipinski definition) is 3. The number of nitrogens with zero attached hydrogens (tertiary/aromatic N) is 2. The van der Waals surface area contributed by atoms with Crippen LogP contribution in [0.4, 0.5) is 5.82 Å². The zero-order valence-electron chi connectivity index (χ0n) is 8.75.